The van der Waals surface area contributed by atoms with Crippen LogP contribution >= 0.6 is 23.6 Å². The minimum atomic E-state index is 0.213. The van der Waals surface area contributed by atoms with Gasteiger partial charge in [-0.15, -0.1) is 11.3 Å². The highest BCUT2D eigenvalue weighted by Crippen LogP contribution is 2.39. The summed E-state index contributed by atoms with van der Waals surface area (Å²) in [5, 5.41) is 10.7. The maximum absolute atomic E-state index is 10.7. The van der Waals surface area contributed by atoms with E-state index in [4.69, 9.17) is 12.2 Å². The lowest BCUT2D eigenvalue weighted by Crippen LogP contribution is -1.98. The highest BCUT2D eigenvalue weighted by atomic mass is 32.1. The molecule has 3 nitrogen and oxygen atoms in total. The molecule has 2 aromatic carbocycles. The van der Waals surface area contributed by atoms with Gasteiger partial charge in [-0.2, -0.15) is 0 Å². The van der Waals surface area contributed by atoms with Gasteiger partial charge in [0.1, 0.15) is 0 Å². The smallest absolute Gasteiger partial charge is 0.210 e. The van der Waals surface area contributed by atoms with Gasteiger partial charge < -0.3 is 5.11 Å². The maximum atomic E-state index is 10.7. The van der Waals surface area contributed by atoms with Crippen LogP contribution in [0.2, 0.25) is 0 Å². The molecule has 0 aliphatic carbocycles. The molecule has 130 valence electrons. The lowest BCUT2D eigenvalue weighted by atomic mass is 10.0. The Bertz CT molecular complexity index is 1100. The molecule has 0 radical (unpaired) electrons. The number of rotatable bonds is 3. The van der Waals surface area contributed by atoms with Crippen molar-refractivity contribution in [2.45, 2.75) is 20.4 Å². The molecule has 26 heavy (non-hydrogen) atoms. The van der Waals surface area contributed by atoms with E-state index in [2.05, 4.69) is 24.0 Å². The minimum Gasteiger partial charge on any atom is -0.493 e. The highest BCUT2D eigenvalue weighted by Gasteiger charge is 2.19. The zero-order valence-corrected chi connectivity index (χ0v) is 16.2. The molecule has 0 amide bonds. The summed E-state index contributed by atoms with van der Waals surface area (Å²) in [4.78, 5) is 5.40. The van der Waals surface area contributed by atoms with Crippen molar-refractivity contribution in [2.75, 3.05) is 0 Å². The maximum Gasteiger partial charge on any atom is 0.210 e. The van der Waals surface area contributed by atoms with Gasteiger partial charge in [-0.3, -0.25) is 9.56 Å². The Morgan fingerprint density at radius 3 is 2.69 bits per heavy atom. The summed E-state index contributed by atoms with van der Waals surface area (Å²) in [6.07, 6.45) is 2.00. The highest BCUT2D eigenvalue weighted by molar-refractivity contribution is 7.73. The molecule has 2 heterocycles. The molecule has 0 unspecified atom stereocenters. The predicted octanol–water partition coefficient (Wildman–Crippen LogP) is 5.99. The molecule has 1 aliphatic rings. The van der Waals surface area contributed by atoms with Gasteiger partial charge in [-0.25, -0.2) is 0 Å². The van der Waals surface area contributed by atoms with Gasteiger partial charge in [-0.1, -0.05) is 42.0 Å². The van der Waals surface area contributed by atoms with Gasteiger partial charge in [0.05, 0.1) is 17.1 Å². The van der Waals surface area contributed by atoms with Crippen LogP contribution in [0.1, 0.15) is 28.5 Å². The van der Waals surface area contributed by atoms with Crippen LogP contribution in [-0.4, -0.2) is 15.4 Å². The van der Waals surface area contributed by atoms with Gasteiger partial charge >= 0.3 is 0 Å². The second-order valence-electron chi connectivity index (χ2n) is 6.40. The van der Waals surface area contributed by atoms with Crippen LogP contribution in [0.25, 0.3) is 11.6 Å². The van der Waals surface area contributed by atoms with E-state index >= 15 is 0 Å². The Balaban J connectivity index is 1.76. The first-order chi connectivity index (χ1) is 12.5. The number of thiazole rings is 1. The number of aliphatic imine (C=N–C) groups is 1. The Kier molecular flexibility index (Phi) is 4.34. The number of hydrogen-bond acceptors (Lipinski definition) is 4. The quantitative estimate of drug-likeness (QED) is 0.569. The number of benzene rings is 2. The van der Waals surface area contributed by atoms with Crippen molar-refractivity contribution in [3.05, 3.63) is 74.1 Å². The molecule has 4 rings (SSSR count). The lowest BCUT2D eigenvalue weighted by Gasteiger charge is -2.05. The summed E-state index contributed by atoms with van der Waals surface area (Å²) in [6, 6.07) is 16.3. The normalized spacial score (nSPS) is 14.5. The fraction of sp³-hybridized carbons (Fsp3) is 0.143. The molecular formula is C21H18N2OS2. The first kappa shape index (κ1) is 16.9. The SMILES string of the molecule is CC1=Nc2ccc(C)cc2/C1=C\c1sc(=S)n(Cc2ccccc2)c1O. The van der Waals surface area contributed by atoms with Gasteiger partial charge in [-0.05, 0) is 49.8 Å². The fourth-order valence-electron chi connectivity index (χ4n) is 3.13. The minimum absolute atomic E-state index is 0.213. The van der Waals surface area contributed by atoms with Crippen molar-refractivity contribution in [3.8, 4) is 5.88 Å². The molecule has 0 fully saturated rings. The second-order valence-corrected chi connectivity index (χ2v) is 8.08. The van der Waals surface area contributed by atoms with Crippen molar-refractivity contribution >= 4 is 46.6 Å². The molecule has 0 saturated carbocycles. The van der Waals surface area contributed by atoms with Crippen molar-refractivity contribution < 1.29 is 5.11 Å². The summed E-state index contributed by atoms with van der Waals surface area (Å²) in [7, 11) is 0. The van der Waals surface area contributed by atoms with Gasteiger partial charge in [0.15, 0.2) is 3.95 Å². The van der Waals surface area contributed by atoms with Crippen LogP contribution in [0.4, 0.5) is 5.69 Å². The zero-order chi connectivity index (χ0) is 18.3. The number of aromatic hydroxyl groups is 1. The van der Waals surface area contributed by atoms with Crippen molar-refractivity contribution in [3.63, 3.8) is 0 Å². The van der Waals surface area contributed by atoms with Crippen LogP contribution < -0.4 is 0 Å². The molecule has 0 spiro atoms. The summed E-state index contributed by atoms with van der Waals surface area (Å²) < 4.78 is 2.44. The summed E-state index contributed by atoms with van der Waals surface area (Å²) in [5.74, 6) is 0.213. The van der Waals surface area contributed by atoms with Gasteiger partial charge in [0, 0.05) is 16.8 Å². The number of fused-ring (bicyclic) bond motifs is 1. The number of aromatic nitrogens is 1. The first-order valence-electron chi connectivity index (χ1n) is 8.38. The summed E-state index contributed by atoms with van der Waals surface area (Å²) >= 11 is 6.91. The van der Waals surface area contributed by atoms with E-state index in [0.717, 1.165) is 33.0 Å². The van der Waals surface area contributed by atoms with Crippen molar-refractivity contribution in [2.24, 2.45) is 4.99 Å². The zero-order valence-electron chi connectivity index (χ0n) is 14.6. The van der Waals surface area contributed by atoms with E-state index < -0.39 is 0 Å². The predicted molar refractivity (Wildman–Crippen MR) is 112 cm³/mol. The van der Waals surface area contributed by atoms with E-state index in [9.17, 15) is 5.11 Å². The molecule has 1 aromatic heterocycles. The van der Waals surface area contributed by atoms with E-state index in [1.54, 1.807) is 4.57 Å². The van der Waals surface area contributed by atoms with Crippen molar-refractivity contribution in [1.82, 2.24) is 4.57 Å². The average Bonchev–Trinajstić information content (AvgIpc) is 3.07. The molecule has 1 aliphatic heterocycles. The molecule has 0 bridgehead atoms. The molecular weight excluding hydrogens is 360 g/mol. The van der Waals surface area contributed by atoms with Crippen LogP contribution in [0.15, 0.2) is 53.5 Å². The number of hydrogen-bond donors (Lipinski definition) is 1. The molecule has 3 aromatic rings. The van der Waals surface area contributed by atoms with E-state index in [-0.39, 0.29) is 5.88 Å². The van der Waals surface area contributed by atoms with Crippen LogP contribution in [0.5, 0.6) is 5.88 Å². The van der Waals surface area contributed by atoms with Crippen LogP contribution in [-0.2, 0) is 6.54 Å². The third-order valence-corrected chi connectivity index (χ3v) is 5.86. The van der Waals surface area contributed by atoms with E-state index in [1.807, 2.05) is 49.4 Å². The third-order valence-electron chi connectivity index (χ3n) is 4.47. The average molecular weight is 379 g/mol. The third kappa shape index (κ3) is 3.04. The second kappa shape index (κ2) is 6.67. The van der Waals surface area contributed by atoms with Gasteiger partial charge in [0.25, 0.3) is 0 Å². The molecule has 1 N–H and O–H groups in total. The Hall–Kier alpha value is -2.50. The first-order valence-corrected chi connectivity index (χ1v) is 9.60. The Morgan fingerprint density at radius 1 is 1.15 bits per heavy atom. The number of aryl methyl sites for hydroxylation is 1. The topological polar surface area (TPSA) is 37.5 Å². The standard InChI is InChI=1S/C21H18N2OS2/c1-13-8-9-18-17(10-13)16(14(2)22-18)11-19-20(24)23(21(25)26-19)12-15-6-4-3-5-7-15/h3-11,24H,12H2,1-2H3/b16-11-. The summed E-state index contributed by atoms with van der Waals surface area (Å²) in [6.45, 7) is 4.63. The van der Waals surface area contributed by atoms with E-state index in [1.165, 1.54) is 16.9 Å². The Labute approximate surface area is 161 Å². The molecule has 5 heteroatoms. The van der Waals surface area contributed by atoms with E-state index in [0.29, 0.717) is 10.5 Å². The van der Waals surface area contributed by atoms with Gasteiger partial charge in [0.2, 0.25) is 5.88 Å². The molecule has 0 saturated heterocycles. The molecule has 0 atom stereocenters. The fourth-order valence-corrected chi connectivity index (χ4v) is 4.37. The van der Waals surface area contributed by atoms with Crippen LogP contribution in [0.3, 0.4) is 0 Å². The lowest BCUT2D eigenvalue weighted by molar-refractivity contribution is 0.422. The Morgan fingerprint density at radius 2 is 1.92 bits per heavy atom. The monoisotopic (exact) mass is 378 g/mol. The number of nitrogens with zero attached hydrogens (tertiary/aromatic N) is 2. The summed E-state index contributed by atoms with van der Waals surface area (Å²) in [5.41, 5.74) is 6.39. The van der Waals surface area contributed by atoms with Crippen molar-refractivity contribution in [1.29, 1.82) is 0 Å². The largest absolute Gasteiger partial charge is 0.493 e. The number of allylic oxidation sites excluding steroid dienone is 1. The van der Waals surface area contributed by atoms with Crippen LogP contribution in [0, 0.1) is 10.9 Å².